The maximum Gasteiger partial charge on any atom is 0.250 e. The van der Waals surface area contributed by atoms with Crippen LogP contribution in [0, 0.1) is 11.5 Å². The van der Waals surface area contributed by atoms with Gasteiger partial charge in [-0.15, -0.1) is 0 Å². The molecular formula is C10H11N3O3. The van der Waals surface area contributed by atoms with Gasteiger partial charge in [0.2, 0.25) is 5.91 Å². The predicted octanol–water partition coefficient (Wildman–Crippen LogP) is -0.435. The number of hydrogen-bond acceptors (Lipinski definition) is 5. The predicted molar refractivity (Wildman–Crippen MR) is 55.2 cm³/mol. The van der Waals surface area contributed by atoms with Gasteiger partial charge in [0, 0.05) is 0 Å². The lowest BCUT2D eigenvalue weighted by Crippen LogP contribution is -2.39. The number of aromatic hydroxyl groups is 2. The highest BCUT2D eigenvalue weighted by atomic mass is 16.3. The van der Waals surface area contributed by atoms with Crippen molar-refractivity contribution in [3.63, 3.8) is 0 Å². The molecule has 0 aliphatic carbocycles. The van der Waals surface area contributed by atoms with Crippen LogP contribution < -0.4 is 11.1 Å². The molecule has 16 heavy (non-hydrogen) atoms. The van der Waals surface area contributed by atoms with Crippen LogP contribution in [0.4, 0.5) is 0 Å². The number of carbonyl (C=O) groups is 1. The van der Waals surface area contributed by atoms with E-state index in [1.165, 1.54) is 24.4 Å². The van der Waals surface area contributed by atoms with Crippen LogP contribution in [0.3, 0.4) is 0 Å². The number of phenols is 2. The third-order valence-corrected chi connectivity index (χ3v) is 2.01. The molecule has 0 aliphatic heterocycles. The van der Waals surface area contributed by atoms with E-state index in [0.29, 0.717) is 5.56 Å². The molecule has 0 bridgehead atoms. The molecule has 1 aromatic rings. The maximum atomic E-state index is 11.1. The molecule has 1 amide bonds. The molecule has 5 N–H and O–H groups in total. The molecular weight excluding hydrogens is 210 g/mol. The third-order valence-electron chi connectivity index (χ3n) is 2.01. The zero-order chi connectivity index (χ0) is 12.1. The fraction of sp³-hybridized carbons (Fsp3) is 0.200. The van der Waals surface area contributed by atoms with E-state index in [-0.39, 0.29) is 17.9 Å². The summed E-state index contributed by atoms with van der Waals surface area (Å²) in [6.45, 7) is 0. The number of benzene rings is 1. The average molecular weight is 221 g/mol. The first-order chi connectivity index (χ1) is 7.54. The van der Waals surface area contributed by atoms with Gasteiger partial charge in [-0.1, -0.05) is 6.07 Å². The molecule has 0 saturated carbocycles. The minimum absolute atomic E-state index is 0.168. The highest BCUT2D eigenvalue weighted by molar-refractivity contribution is 5.83. The van der Waals surface area contributed by atoms with E-state index >= 15 is 0 Å². The fourth-order valence-corrected chi connectivity index (χ4v) is 1.19. The summed E-state index contributed by atoms with van der Waals surface area (Å²) >= 11 is 0. The Morgan fingerprint density at radius 1 is 1.50 bits per heavy atom. The van der Waals surface area contributed by atoms with Gasteiger partial charge >= 0.3 is 0 Å². The van der Waals surface area contributed by atoms with Crippen molar-refractivity contribution in [2.45, 2.75) is 12.5 Å². The lowest BCUT2D eigenvalue weighted by atomic mass is 10.1. The number of nitrogens with two attached hydrogens (primary N) is 1. The summed E-state index contributed by atoms with van der Waals surface area (Å²) in [5, 5.41) is 28.4. The van der Waals surface area contributed by atoms with Gasteiger partial charge in [0.1, 0.15) is 0 Å². The molecule has 0 fully saturated rings. The van der Waals surface area contributed by atoms with Crippen LogP contribution >= 0.6 is 0 Å². The minimum Gasteiger partial charge on any atom is -0.504 e. The van der Waals surface area contributed by atoms with E-state index in [4.69, 9.17) is 16.1 Å². The Kier molecular flexibility index (Phi) is 3.69. The Hall–Kier alpha value is -2.26. The molecule has 0 radical (unpaired) electrons. The molecule has 6 heteroatoms. The van der Waals surface area contributed by atoms with E-state index in [0.717, 1.165) is 0 Å². The molecule has 1 atom stereocenters. The van der Waals surface area contributed by atoms with Crippen LogP contribution in [-0.4, -0.2) is 22.2 Å². The second-order valence-corrected chi connectivity index (χ2v) is 3.23. The number of nitrogens with one attached hydrogen (secondary N) is 1. The van der Waals surface area contributed by atoms with Gasteiger partial charge in [-0.3, -0.25) is 10.1 Å². The van der Waals surface area contributed by atoms with Crippen molar-refractivity contribution in [1.29, 1.82) is 5.26 Å². The smallest absolute Gasteiger partial charge is 0.250 e. The van der Waals surface area contributed by atoms with Gasteiger partial charge in [0.15, 0.2) is 17.7 Å². The lowest BCUT2D eigenvalue weighted by molar-refractivity contribution is -0.121. The van der Waals surface area contributed by atoms with Crippen molar-refractivity contribution in [3.8, 4) is 17.7 Å². The first-order valence-corrected chi connectivity index (χ1v) is 4.50. The monoisotopic (exact) mass is 221 g/mol. The second-order valence-electron chi connectivity index (χ2n) is 3.23. The summed E-state index contributed by atoms with van der Waals surface area (Å²) < 4.78 is 0. The SMILES string of the molecule is N#CNC(=O)[C@@H](N)Cc1ccc(O)c(O)c1. The summed E-state index contributed by atoms with van der Waals surface area (Å²) in [4.78, 5) is 11.1. The first-order valence-electron chi connectivity index (χ1n) is 4.50. The van der Waals surface area contributed by atoms with Crippen LogP contribution in [0.25, 0.3) is 0 Å². The van der Waals surface area contributed by atoms with E-state index in [1.807, 2.05) is 5.32 Å². The lowest BCUT2D eigenvalue weighted by Gasteiger charge is -2.09. The topological polar surface area (TPSA) is 119 Å². The second kappa shape index (κ2) is 5.00. The first kappa shape index (κ1) is 11.8. The molecule has 0 saturated heterocycles. The number of amides is 1. The quantitative estimate of drug-likeness (QED) is 0.313. The normalized spacial score (nSPS) is 11.5. The van der Waals surface area contributed by atoms with Crippen LogP contribution in [0.5, 0.6) is 11.5 Å². The number of carbonyl (C=O) groups excluding carboxylic acids is 1. The van der Waals surface area contributed by atoms with Gasteiger partial charge in [0.25, 0.3) is 0 Å². The molecule has 1 rings (SSSR count). The van der Waals surface area contributed by atoms with Gasteiger partial charge < -0.3 is 15.9 Å². The van der Waals surface area contributed by atoms with Gasteiger partial charge in [-0.05, 0) is 24.1 Å². The van der Waals surface area contributed by atoms with Gasteiger partial charge in [0.05, 0.1) is 6.04 Å². The van der Waals surface area contributed by atoms with Crippen LogP contribution in [-0.2, 0) is 11.2 Å². The maximum absolute atomic E-state index is 11.1. The Morgan fingerprint density at radius 3 is 2.75 bits per heavy atom. The van der Waals surface area contributed by atoms with Crippen LogP contribution in [0.15, 0.2) is 18.2 Å². The molecule has 1 aromatic carbocycles. The van der Waals surface area contributed by atoms with Crippen molar-refractivity contribution < 1.29 is 15.0 Å². The van der Waals surface area contributed by atoms with Crippen molar-refractivity contribution in [3.05, 3.63) is 23.8 Å². The van der Waals surface area contributed by atoms with Gasteiger partial charge in [-0.25, -0.2) is 0 Å². The Balaban J connectivity index is 2.70. The molecule has 0 spiro atoms. The van der Waals surface area contributed by atoms with Crippen molar-refractivity contribution in [2.75, 3.05) is 0 Å². The largest absolute Gasteiger partial charge is 0.504 e. The van der Waals surface area contributed by atoms with Crippen molar-refractivity contribution in [2.24, 2.45) is 5.73 Å². The summed E-state index contributed by atoms with van der Waals surface area (Å²) in [6.07, 6.45) is 1.65. The Labute approximate surface area is 91.9 Å². The summed E-state index contributed by atoms with van der Waals surface area (Å²) in [5.41, 5.74) is 6.11. The molecule has 0 unspecified atom stereocenters. The summed E-state index contributed by atoms with van der Waals surface area (Å²) in [6, 6.07) is 3.28. The zero-order valence-electron chi connectivity index (χ0n) is 8.34. The minimum atomic E-state index is -0.872. The molecule has 0 heterocycles. The fourth-order valence-electron chi connectivity index (χ4n) is 1.19. The zero-order valence-corrected chi connectivity index (χ0v) is 8.34. The average Bonchev–Trinajstić information content (AvgIpc) is 2.24. The number of nitriles is 1. The van der Waals surface area contributed by atoms with Gasteiger partial charge in [-0.2, -0.15) is 5.26 Å². The number of nitrogens with zero attached hydrogens (tertiary/aromatic N) is 1. The highest BCUT2D eigenvalue weighted by Gasteiger charge is 2.14. The van der Waals surface area contributed by atoms with Crippen LogP contribution in [0.2, 0.25) is 0 Å². The number of phenolic OH excluding ortho intramolecular Hbond substituents is 2. The van der Waals surface area contributed by atoms with Crippen molar-refractivity contribution in [1.82, 2.24) is 5.32 Å². The highest BCUT2D eigenvalue weighted by Crippen LogP contribution is 2.25. The number of rotatable bonds is 3. The van der Waals surface area contributed by atoms with Crippen LogP contribution in [0.1, 0.15) is 5.56 Å². The molecule has 0 aliphatic rings. The van der Waals surface area contributed by atoms with E-state index in [2.05, 4.69) is 0 Å². The molecule has 0 aromatic heterocycles. The van der Waals surface area contributed by atoms with E-state index in [1.54, 1.807) is 0 Å². The van der Waals surface area contributed by atoms with Crippen molar-refractivity contribution >= 4 is 5.91 Å². The number of hydrogen-bond donors (Lipinski definition) is 4. The summed E-state index contributed by atoms with van der Waals surface area (Å²) in [7, 11) is 0. The summed E-state index contributed by atoms with van der Waals surface area (Å²) in [5.74, 6) is -1.10. The van der Waals surface area contributed by atoms with E-state index < -0.39 is 11.9 Å². The third kappa shape index (κ3) is 2.87. The Bertz CT molecular complexity index is 439. The molecule has 84 valence electrons. The standard InChI is InChI=1S/C10H11N3O3/c11-5-13-10(16)7(12)3-6-1-2-8(14)9(15)4-6/h1-2,4,7,14-15H,3,12H2,(H,13,16)/t7-/m0/s1. The molecule has 6 nitrogen and oxygen atoms in total. The van der Waals surface area contributed by atoms with E-state index in [9.17, 15) is 9.90 Å². The Morgan fingerprint density at radius 2 is 2.19 bits per heavy atom.